The van der Waals surface area contributed by atoms with Gasteiger partial charge >= 0.3 is 5.97 Å². The molecule has 2 unspecified atom stereocenters. The Balaban J connectivity index is 0.00000300. The molecule has 0 saturated carbocycles. The lowest BCUT2D eigenvalue weighted by molar-refractivity contribution is 0.0600. The number of likely N-dealkylation sites (tertiary alicyclic amines) is 1. The van der Waals surface area contributed by atoms with Gasteiger partial charge in [-0.05, 0) is 36.5 Å². The van der Waals surface area contributed by atoms with Crippen LogP contribution in [-0.4, -0.2) is 60.2 Å². The SMILES string of the molecule is CN=C(NCCc1ccc(C(=O)OC)cc1)N1CCC(C)C(n2ccnc2)C1.I. The molecule has 3 rings (SSSR count). The van der Waals surface area contributed by atoms with E-state index in [1.807, 2.05) is 37.9 Å². The summed E-state index contributed by atoms with van der Waals surface area (Å²) in [6, 6.07) is 7.94. The first kappa shape index (κ1) is 23.2. The number of esters is 1. The lowest BCUT2D eigenvalue weighted by Gasteiger charge is -2.39. The molecule has 0 aliphatic carbocycles. The van der Waals surface area contributed by atoms with Crippen LogP contribution < -0.4 is 5.32 Å². The molecule has 2 aromatic rings. The van der Waals surface area contributed by atoms with Gasteiger partial charge in [-0.25, -0.2) is 9.78 Å². The van der Waals surface area contributed by atoms with Crippen molar-refractivity contribution in [1.82, 2.24) is 19.8 Å². The van der Waals surface area contributed by atoms with E-state index in [9.17, 15) is 4.79 Å². The first-order valence-corrected chi connectivity index (χ1v) is 9.72. The van der Waals surface area contributed by atoms with E-state index in [-0.39, 0.29) is 29.9 Å². The van der Waals surface area contributed by atoms with Crippen LogP contribution in [0.2, 0.25) is 0 Å². The van der Waals surface area contributed by atoms with Crippen molar-refractivity contribution in [3.8, 4) is 0 Å². The lowest BCUT2D eigenvalue weighted by atomic mass is 9.93. The van der Waals surface area contributed by atoms with Crippen LogP contribution >= 0.6 is 24.0 Å². The molecule has 2 heterocycles. The first-order chi connectivity index (χ1) is 13.6. The van der Waals surface area contributed by atoms with E-state index >= 15 is 0 Å². The number of imidazole rings is 1. The zero-order valence-electron chi connectivity index (χ0n) is 17.2. The van der Waals surface area contributed by atoms with Crippen LogP contribution in [0.1, 0.15) is 35.3 Å². The normalized spacial score (nSPS) is 19.4. The maximum Gasteiger partial charge on any atom is 0.337 e. The number of aliphatic imine (C=N–C) groups is 1. The van der Waals surface area contributed by atoms with Crippen molar-refractivity contribution < 1.29 is 9.53 Å². The molecule has 2 atom stereocenters. The molecule has 0 spiro atoms. The van der Waals surface area contributed by atoms with Crippen molar-refractivity contribution in [2.75, 3.05) is 33.8 Å². The Morgan fingerprint density at radius 1 is 1.34 bits per heavy atom. The molecule has 8 heteroatoms. The van der Waals surface area contributed by atoms with Crippen molar-refractivity contribution in [3.63, 3.8) is 0 Å². The van der Waals surface area contributed by atoms with Gasteiger partial charge in [0.05, 0.1) is 25.0 Å². The summed E-state index contributed by atoms with van der Waals surface area (Å²) >= 11 is 0. The van der Waals surface area contributed by atoms with E-state index in [4.69, 9.17) is 4.74 Å². The van der Waals surface area contributed by atoms with E-state index in [1.54, 1.807) is 12.1 Å². The molecule has 0 bridgehead atoms. The maximum absolute atomic E-state index is 11.5. The monoisotopic (exact) mass is 511 g/mol. The highest BCUT2D eigenvalue weighted by Crippen LogP contribution is 2.27. The smallest absolute Gasteiger partial charge is 0.337 e. The molecule has 29 heavy (non-hydrogen) atoms. The molecule has 7 nitrogen and oxygen atoms in total. The number of nitrogens with zero attached hydrogens (tertiary/aromatic N) is 4. The number of rotatable bonds is 5. The number of aromatic nitrogens is 2. The number of guanidine groups is 1. The fourth-order valence-corrected chi connectivity index (χ4v) is 3.67. The Bertz CT molecular complexity index is 792. The minimum Gasteiger partial charge on any atom is -0.465 e. The van der Waals surface area contributed by atoms with Gasteiger partial charge in [0, 0.05) is 39.1 Å². The first-order valence-electron chi connectivity index (χ1n) is 9.72. The molecule has 0 amide bonds. The Kier molecular flexibility index (Phi) is 8.94. The minimum absolute atomic E-state index is 0. The predicted octanol–water partition coefficient (Wildman–Crippen LogP) is 2.99. The minimum atomic E-state index is -0.308. The van der Waals surface area contributed by atoms with Gasteiger partial charge in [-0.3, -0.25) is 4.99 Å². The fraction of sp³-hybridized carbons (Fsp3) is 0.476. The van der Waals surface area contributed by atoms with E-state index in [2.05, 4.69) is 31.7 Å². The van der Waals surface area contributed by atoms with Crippen LogP contribution in [0.25, 0.3) is 0 Å². The molecule has 1 aromatic heterocycles. The van der Waals surface area contributed by atoms with Crippen molar-refractivity contribution >= 4 is 35.9 Å². The van der Waals surface area contributed by atoms with E-state index in [0.717, 1.165) is 38.4 Å². The second kappa shape index (κ2) is 11.2. The zero-order valence-corrected chi connectivity index (χ0v) is 19.6. The number of halogens is 1. The van der Waals surface area contributed by atoms with E-state index < -0.39 is 0 Å². The van der Waals surface area contributed by atoms with Crippen LogP contribution in [0.4, 0.5) is 0 Å². The van der Waals surface area contributed by atoms with E-state index in [0.29, 0.717) is 17.5 Å². The Hall–Kier alpha value is -2.10. The third-order valence-electron chi connectivity index (χ3n) is 5.41. The topological polar surface area (TPSA) is 71.8 Å². The summed E-state index contributed by atoms with van der Waals surface area (Å²) < 4.78 is 6.94. The summed E-state index contributed by atoms with van der Waals surface area (Å²) in [4.78, 5) is 22.5. The highest BCUT2D eigenvalue weighted by atomic mass is 127. The third kappa shape index (κ3) is 5.94. The molecule has 158 valence electrons. The van der Waals surface area contributed by atoms with Crippen LogP contribution in [0.3, 0.4) is 0 Å². The van der Waals surface area contributed by atoms with Gasteiger partial charge in [-0.15, -0.1) is 24.0 Å². The molecule has 1 fully saturated rings. The summed E-state index contributed by atoms with van der Waals surface area (Å²) in [7, 11) is 3.22. The van der Waals surface area contributed by atoms with Crippen molar-refractivity contribution in [1.29, 1.82) is 0 Å². The zero-order chi connectivity index (χ0) is 19.9. The summed E-state index contributed by atoms with van der Waals surface area (Å²) in [6.07, 6.45) is 7.76. The number of hydrogen-bond acceptors (Lipinski definition) is 4. The number of methoxy groups -OCH3 is 1. The average Bonchev–Trinajstić information content (AvgIpc) is 3.26. The standard InChI is InChI=1S/C21H29N5O2.HI/c1-16-9-12-25(14-19(16)26-13-11-23-15-26)21(22-2)24-10-8-17-4-6-18(7-5-17)20(27)28-3;/h4-7,11,13,15-16,19H,8-10,12,14H2,1-3H3,(H,22,24);1H. The fourth-order valence-electron chi connectivity index (χ4n) is 3.67. The van der Waals surface area contributed by atoms with Gasteiger partial charge in [0.1, 0.15) is 0 Å². The maximum atomic E-state index is 11.5. The molecule has 0 radical (unpaired) electrons. The van der Waals surface area contributed by atoms with Crippen LogP contribution in [-0.2, 0) is 11.2 Å². The predicted molar refractivity (Wildman–Crippen MR) is 125 cm³/mol. The molecule has 1 saturated heterocycles. The van der Waals surface area contributed by atoms with Crippen LogP contribution in [0.15, 0.2) is 48.0 Å². The van der Waals surface area contributed by atoms with Crippen LogP contribution in [0, 0.1) is 5.92 Å². The second-order valence-corrected chi connectivity index (χ2v) is 7.20. The summed E-state index contributed by atoms with van der Waals surface area (Å²) in [6.45, 7) is 5.01. The van der Waals surface area contributed by atoms with E-state index in [1.165, 1.54) is 12.7 Å². The summed E-state index contributed by atoms with van der Waals surface area (Å²) in [5.74, 6) is 1.23. The Morgan fingerprint density at radius 3 is 2.72 bits per heavy atom. The summed E-state index contributed by atoms with van der Waals surface area (Å²) in [5.41, 5.74) is 1.74. The number of benzene rings is 1. The molecular formula is C21H30IN5O2. The number of carbonyl (C=O) groups is 1. The largest absolute Gasteiger partial charge is 0.465 e. The Labute approximate surface area is 189 Å². The number of carbonyl (C=O) groups excluding carboxylic acids is 1. The van der Waals surface area contributed by atoms with Gasteiger partial charge in [0.25, 0.3) is 0 Å². The van der Waals surface area contributed by atoms with Crippen molar-refractivity contribution in [2.24, 2.45) is 10.9 Å². The number of hydrogen-bond donors (Lipinski definition) is 1. The highest BCUT2D eigenvalue weighted by molar-refractivity contribution is 14.0. The average molecular weight is 511 g/mol. The van der Waals surface area contributed by atoms with Gasteiger partial charge < -0.3 is 19.5 Å². The lowest BCUT2D eigenvalue weighted by Crippen LogP contribution is -2.49. The van der Waals surface area contributed by atoms with Crippen LogP contribution in [0.5, 0.6) is 0 Å². The molecule has 1 aliphatic heterocycles. The van der Waals surface area contributed by atoms with Crippen molar-refractivity contribution in [3.05, 3.63) is 54.1 Å². The summed E-state index contributed by atoms with van der Waals surface area (Å²) in [5, 5.41) is 3.48. The molecule has 1 aromatic carbocycles. The quantitative estimate of drug-likeness (QED) is 0.289. The molecular weight excluding hydrogens is 481 g/mol. The van der Waals surface area contributed by atoms with Crippen molar-refractivity contribution in [2.45, 2.75) is 25.8 Å². The number of piperidine rings is 1. The van der Waals surface area contributed by atoms with Gasteiger partial charge in [-0.1, -0.05) is 19.1 Å². The molecule has 1 aliphatic rings. The number of ether oxygens (including phenoxy) is 1. The van der Waals surface area contributed by atoms with Gasteiger partial charge in [-0.2, -0.15) is 0 Å². The molecule has 1 N–H and O–H groups in total. The van der Waals surface area contributed by atoms with Gasteiger partial charge in [0.2, 0.25) is 0 Å². The third-order valence-corrected chi connectivity index (χ3v) is 5.41. The number of nitrogens with one attached hydrogen (secondary N) is 1. The Morgan fingerprint density at radius 2 is 2.10 bits per heavy atom. The highest BCUT2D eigenvalue weighted by Gasteiger charge is 2.28. The van der Waals surface area contributed by atoms with Gasteiger partial charge in [0.15, 0.2) is 5.96 Å². The second-order valence-electron chi connectivity index (χ2n) is 7.20.